The Bertz CT molecular complexity index is 1120. The maximum Gasteiger partial charge on any atom is 0.255 e. The lowest BCUT2D eigenvalue weighted by Crippen LogP contribution is -2.35. The van der Waals surface area contributed by atoms with Crippen LogP contribution in [-0.4, -0.2) is 29.9 Å². The second kappa shape index (κ2) is 9.18. The van der Waals surface area contributed by atoms with Crippen LogP contribution in [0, 0.1) is 6.92 Å². The molecule has 0 fully saturated rings. The minimum absolute atomic E-state index is 0.00540. The van der Waals surface area contributed by atoms with Gasteiger partial charge in [-0.2, -0.15) is 0 Å². The topological polar surface area (TPSA) is 58.6 Å². The lowest BCUT2D eigenvalue weighted by Gasteiger charge is -2.28. The van der Waals surface area contributed by atoms with Crippen molar-refractivity contribution in [2.45, 2.75) is 19.9 Å². The van der Waals surface area contributed by atoms with E-state index in [4.69, 9.17) is 4.74 Å². The Morgan fingerprint density at radius 2 is 2.00 bits per heavy atom. The van der Waals surface area contributed by atoms with Gasteiger partial charge in [-0.1, -0.05) is 18.7 Å². The van der Waals surface area contributed by atoms with Crippen molar-refractivity contribution >= 4 is 28.8 Å². The molecule has 3 aromatic rings. The molecule has 6 heteroatoms. The van der Waals surface area contributed by atoms with Crippen LogP contribution in [-0.2, 0) is 13.0 Å². The van der Waals surface area contributed by atoms with Gasteiger partial charge >= 0.3 is 0 Å². The molecule has 0 spiro atoms. The van der Waals surface area contributed by atoms with Crippen molar-refractivity contribution in [1.82, 2.24) is 4.90 Å². The number of hydrogen-bond acceptors (Lipinski definition) is 4. The molecule has 31 heavy (non-hydrogen) atoms. The molecule has 2 amide bonds. The zero-order chi connectivity index (χ0) is 21.8. The minimum atomic E-state index is -0.233. The maximum atomic E-state index is 13.2. The van der Waals surface area contributed by atoms with Gasteiger partial charge in [-0.05, 0) is 72.3 Å². The molecule has 0 saturated carbocycles. The zero-order valence-corrected chi connectivity index (χ0v) is 18.2. The van der Waals surface area contributed by atoms with E-state index in [1.54, 1.807) is 41.7 Å². The Morgan fingerprint density at radius 1 is 1.19 bits per heavy atom. The highest BCUT2D eigenvalue weighted by Gasteiger charge is 2.24. The first-order valence-electron chi connectivity index (χ1n) is 10.2. The summed E-state index contributed by atoms with van der Waals surface area (Å²) >= 11 is 1.75. The number of carbonyl (C=O) groups excluding carboxylic acids is 2. The lowest BCUT2D eigenvalue weighted by atomic mass is 10.0. The van der Waals surface area contributed by atoms with Crippen molar-refractivity contribution in [2.24, 2.45) is 0 Å². The summed E-state index contributed by atoms with van der Waals surface area (Å²) in [6.07, 6.45) is 2.56. The van der Waals surface area contributed by atoms with Crippen LogP contribution in [0.3, 0.4) is 0 Å². The van der Waals surface area contributed by atoms with Crippen LogP contribution >= 0.6 is 11.3 Å². The Hall–Kier alpha value is -3.38. The van der Waals surface area contributed by atoms with E-state index in [0.29, 0.717) is 42.3 Å². The van der Waals surface area contributed by atoms with Gasteiger partial charge in [-0.25, -0.2) is 0 Å². The summed E-state index contributed by atoms with van der Waals surface area (Å²) in [5.41, 5.74) is 3.76. The third-order valence-corrected chi connectivity index (χ3v) is 6.41. The van der Waals surface area contributed by atoms with E-state index < -0.39 is 0 Å². The Morgan fingerprint density at radius 3 is 2.77 bits per heavy atom. The molecule has 2 heterocycles. The lowest BCUT2D eigenvalue weighted by molar-refractivity contribution is 0.0735. The van der Waals surface area contributed by atoms with Crippen LogP contribution < -0.4 is 10.1 Å². The summed E-state index contributed by atoms with van der Waals surface area (Å²) in [5.74, 6) is 0.438. The number of benzene rings is 2. The van der Waals surface area contributed by atoms with Crippen LogP contribution in [0.2, 0.25) is 0 Å². The summed E-state index contributed by atoms with van der Waals surface area (Å²) in [5, 5.41) is 5.02. The number of fused-ring (bicyclic) bond motifs is 1. The molecule has 158 valence electrons. The first kappa shape index (κ1) is 20.9. The molecular formula is C25H24N2O3S. The van der Waals surface area contributed by atoms with Crippen LogP contribution in [0.25, 0.3) is 0 Å². The molecule has 0 aliphatic carbocycles. The Kier molecular flexibility index (Phi) is 6.18. The number of carbonyl (C=O) groups is 2. The molecule has 1 N–H and O–H groups in total. The molecule has 4 rings (SSSR count). The predicted octanol–water partition coefficient (Wildman–Crippen LogP) is 5.07. The number of anilines is 1. The van der Waals surface area contributed by atoms with Gasteiger partial charge < -0.3 is 15.0 Å². The fourth-order valence-corrected chi connectivity index (χ4v) is 4.54. The minimum Gasteiger partial charge on any atom is -0.490 e. The molecule has 0 unspecified atom stereocenters. The normalized spacial score (nSPS) is 12.7. The van der Waals surface area contributed by atoms with Gasteiger partial charge in [-0.3, -0.25) is 9.59 Å². The summed E-state index contributed by atoms with van der Waals surface area (Å²) in [6.45, 7) is 7.24. The molecule has 5 nitrogen and oxygen atoms in total. The fourth-order valence-electron chi connectivity index (χ4n) is 3.65. The average Bonchev–Trinajstić information content (AvgIpc) is 3.27. The van der Waals surface area contributed by atoms with E-state index >= 15 is 0 Å². The molecule has 2 aromatic carbocycles. The van der Waals surface area contributed by atoms with Gasteiger partial charge in [0.1, 0.15) is 12.4 Å². The van der Waals surface area contributed by atoms with Crippen LogP contribution in [0.5, 0.6) is 5.75 Å². The van der Waals surface area contributed by atoms with E-state index in [1.165, 1.54) is 10.4 Å². The SMILES string of the molecule is C=CCOc1ccc(C(=O)Nc2cccc(C(=O)N3CCc4sccc4C3)c2C)cc1. The predicted molar refractivity (Wildman–Crippen MR) is 124 cm³/mol. The van der Waals surface area contributed by atoms with Gasteiger partial charge in [0.25, 0.3) is 11.8 Å². The number of nitrogens with zero attached hydrogens (tertiary/aromatic N) is 1. The first-order valence-corrected chi connectivity index (χ1v) is 11.0. The highest BCUT2D eigenvalue weighted by Crippen LogP contribution is 2.27. The molecule has 0 atom stereocenters. The molecule has 0 radical (unpaired) electrons. The summed E-state index contributed by atoms with van der Waals surface area (Å²) in [4.78, 5) is 29.1. The fraction of sp³-hybridized carbons (Fsp3) is 0.200. The number of nitrogens with one attached hydrogen (secondary N) is 1. The summed E-state index contributed by atoms with van der Waals surface area (Å²) < 4.78 is 5.45. The van der Waals surface area contributed by atoms with Gasteiger partial charge in [0.05, 0.1) is 0 Å². The average molecular weight is 433 g/mol. The number of rotatable bonds is 6. The third-order valence-electron chi connectivity index (χ3n) is 5.39. The van der Waals surface area contributed by atoms with E-state index in [2.05, 4.69) is 23.3 Å². The van der Waals surface area contributed by atoms with Gasteiger partial charge in [-0.15, -0.1) is 11.3 Å². The second-order valence-corrected chi connectivity index (χ2v) is 8.40. The molecule has 1 aliphatic heterocycles. The van der Waals surface area contributed by atoms with Crippen molar-refractivity contribution < 1.29 is 14.3 Å². The molecule has 1 aliphatic rings. The highest BCUT2D eigenvalue weighted by molar-refractivity contribution is 7.10. The Labute approximate surface area is 186 Å². The number of thiophene rings is 1. The number of hydrogen-bond donors (Lipinski definition) is 1. The van der Waals surface area contributed by atoms with Crippen LogP contribution in [0.1, 0.15) is 36.7 Å². The van der Waals surface area contributed by atoms with Crippen molar-refractivity contribution in [3.8, 4) is 5.75 Å². The largest absolute Gasteiger partial charge is 0.490 e. The summed E-state index contributed by atoms with van der Waals surface area (Å²) in [7, 11) is 0. The summed E-state index contributed by atoms with van der Waals surface area (Å²) in [6, 6.07) is 14.5. The van der Waals surface area contributed by atoms with E-state index in [0.717, 1.165) is 12.0 Å². The maximum absolute atomic E-state index is 13.2. The Balaban J connectivity index is 1.48. The van der Waals surface area contributed by atoms with Crippen LogP contribution in [0.4, 0.5) is 5.69 Å². The molecule has 0 bridgehead atoms. The van der Waals surface area contributed by atoms with E-state index in [9.17, 15) is 9.59 Å². The monoisotopic (exact) mass is 432 g/mol. The van der Waals surface area contributed by atoms with E-state index in [-0.39, 0.29) is 11.8 Å². The zero-order valence-electron chi connectivity index (χ0n) is 17.4. The molecule has 0 saturated heterocycles. The smallest absolute Gasteiger partial charge is 0.255 e. The highest BCUT2D eigenvalue weighted by atomic mass is 32.1. The number of amides is 2. The quantitative estimate of drug-likeness (QED) is 0.553. The van der Waals surface area contributed by atoms with Crippen molar-refractivity contribution in [1.29, 1.82) is 0 Å². The molecular weight excluding hydrogens is 408 g/mol. The first-order chi connectivity index (χ1) is 15.1. The van der Waals surface area contributed by atoms with Gasteiger partial charge in [0, 0.05) is 34.8 Å². The molecule has 1 aromatic heterocycles. The van der Waals surface area contributed by atoms with Crippen LogP contribution in [0.15, 0.2) is 66.6 Å². The van der Waals surface area contributed by atoms with Crippen molar-refractivity contribution in [3.05, 3.63) is 93.7 Å². The number of ether oxygens (including phenoxy) is 1. The van der Waals surface area contributed by atoms with Gasteiger partial charge in [0.15, 0.2) is 0 Å². The van der Waals surface area contributed by atoms with Crippen molar-refractivity contribution in [3.63, 3.8) is 0 Å². The standard InChI is InChI=1S/C25H24N2O3S/c1-3-14-30-20-9-7-18(8-10-20)24(28)26-22-6-4-5-21(17(22)2)25(29)27-13-11-23-19(16-27)12-15-31-23/h3-10,12,15H,1,11,13-14,16H2,2H3,(H,26,28). The third kappa shape index (κ3) is 4.54. The second-order valence-electron chi connectivity index (χ2n) is 7.40. The van der Waals surface area contributed by atoms with Gasteiger partial charge in [0.2, 0.25) is 0 Å². The van der Waals surface area contributed by atoms with Crippen molar-refractivity contribution in [2.75, 3.05) is 18.5 Å². The van der Waals surface area contributed by atoms with E-state index in [1.807, 2.05) is 30.0 Å².